The highest BCUT2D eigenvalue weighted by Gasteiger charge is 2.24. The van der Waals surface area contributed by atoms with Gasteiger partial charge in [-0.05, 0) is 42.0 Å². The van der Waals surface area contributed by atoms with Gasteiger partial charge in [0.2, 0.25) is 5.91 Å². The third-order valence-electron chi connectivity index (χ3n) is 4.65. The molecule has 120 valence electrons. The maximum atomic E-state index is 12.8. The summed E-state index contributed by atoms with van der Waals surface area (Å²) in [5, 5.41) is 5.59. The molecule has 0 fully saturated rings. The first-order valence-corrected chi connectivity index (χ1v) is 9.10. The molecule has 23 heavy (non-hydrogen) atoms. The molecule has 0 saturated heterocycles. The van der Waals surface area contributed by atoms with Crippen LogP contribution in [0.4, 0.5) is 11.4 Å². The first-order chi connectivity index (χ1) is 11.3. The van der Waals surface area contributed by atoms with E-state index < -0.39 is 0 Å². The van der Waals surface area contributed by atoms with Gasteiger partial charge in [-0.2, -0.15) is 0 Å². The van der Waals surface area contributed by atoms with E-state index in [-0.39, 0.29) is 5.91 Å². The molecule has 4 nitrogen and oxygen atoms in total. The van der Waals surface area contributed by atoms with Crippen molar-refractivity contribution in [2.24, 2.45) is 0 Å². The average molecular weight is 327 g/mol. The van der Waals surface area contributed by atoms with Gasteiger partial charge >= 0.3 is 0 Å². The van der Waals surface area contributed by atoms with Crippen molar-refractivity contribution in [3.05, 3.63) is 46.2 Å². The van der Waals surface area contributed by atoms with Gasteiger partial charge in [0.15, 0.2) is 0 Å². The second-order valence-corrected chi connectivity index (χ2v) is 7.15. The Kier molecular flexibility index (Phi) is 3.95. The number of nitrogens with one attached hydrogen (secondary N) is 1. The van der Waals surface area contributed by atoms with E-state index in [1.807, 2.05) is 28.4 Å². The summed E-state index contributed by atoms with van der Waals surface area (Å²) in [5.41, 5.74) is 3.61. The van der Waals surface area contributed by atoms with Crippen molar-refractivity contribution in [3.63, 3.8) is 0 Å². The summed E-state index contributed by atoms with van der Waals surface area (Å²) >= 11 is 1.81. The SMILES string of the molecule is O=C(CN1CCCNc2ccccc21)N1CCc2sccc2C1. The molecule has 0 aliphatic carbocycles. The van der Waals surface area contributed by atoms with E-state index in [0.717, 1.165) is 50.4 Å². The Morgan fingerprint density at radius 2 is 2.13 bits per heavy atom. The minimum Gasteiger partial charge on any atom is -0.383 e. The van der Waals surface area contributed by atoms with E-state index in [4.69, 9.17) is 0 Å². The predicted octanol–water partition coefficient (Wildman–Crippen LogP) is 2.96. The summed E-state index contributed by atoms with van der Waals surface area (Å²) in [6, 6.07) is 10.4. The van der Waals surface area contributed by atoms with Crippen molar-refractivity contribution in [1.29, 1.82) is 0 Å². The minimum absolute atomic E-state index is 0.235. The van der Waals surface area contributed by atoms with Gasteiger partial charge < -0.3 is 15.1 Å². The van der Waals surface area contributed by atoms with Gasteiger partial charge in [0, 0.05) is 31.1 Å². The van der Waals surface area contributed by atoms with Crippen LogP contribution in [0.3, 0.4) is 0 Å². The van der Waals surface area contributed by atoms with Crippen LogP contribution in [-0.4, -0.2) is 37.0 Å². The lowest BCUT2D eigenvalue weighted by atomic mass is 10.1. The normalized spacial score (nSPS) is 17.0. The average Bonchev–Trinajstić information content (AvgIpc) is 2.96. The van der Waals surface area contributed by atoms with Gasteiger partial charge in [-0.1, -0.05) is 12.1 Å². The minimum atomic E-state index is 0.235. The lowest BCUT2D eigenvalue weighted by Gasteiger charge is -2.31. The van der Waals surface area contributed by atoms with E-state index >= 15 is 0 Å². The van der Waals surface area contributed by atoms with Crippen LogP contribution < -0.4 is 10.2 Å². The van der Waals surface area contributed by atoms with Crippen LogP contribution in [0.2, 0.25) is 0 Å². The maximum absolute atomic E-state index is 12.8. The molecule has 0 saturated carbocycles. The Labute approximate surface area is 140 Å². The number of benzene rings is 1. The topological polar surface area (TPSA) is 35.6 Å². The quantitative estimate of drug-likeness (QED) is 0.921. The number of rotatable bonds is 2. The molecule has 0 atom stereocenters. The molecular weight excluding hydrogens is 306 g/mol. The fraction of sp³-hybridized carbons (Fsp3) is 0.389. The molecule has 0 bridgehead atoms. The molecule has 1 amide bonds. The second kappa shape index (κ2) is 6.24. The van der Waals surface area contributed by atoms with E-state index in [1.165, 1.54) is 10.4 Å². The largest absolute Gasteiger partial charge is 0.383 e. The molecule has 3 heterocycles. The highest BCUT2D eigenvalue weighted by Crippen LogP contribution is 2.28. The van der Waals surface area contributed by atoms with E-state index in [0.29, 0.717) is 6.54 Å². The third kappa shape index (κ3) is 2.93. The molecule has 0 unspecified atom stereocenters. The van der Waals surface area contributed by atoms with Crippen LogP contribution in [0.25, 0.3) is 0 Å². The highest BCUT2D eigenvalue weighted by molar-refractivity contribution is 7.10. The molecule has 2 aliphatic heterocycles. The standard InChI is InChI=1S/C18H21N3OS/c22-18(21-10-6-17-14(12-21)7-11-23-17)13-20-9-3-8-19-15-4-1-2-5-16(15)20/h1-2,4-5,7,11,19H,3,6,8-10,12-13H2. The molecule has 1 N–H and O–H groups in total. The molecule has 0 spiro atoms. The van der Waals surface area contributed by atoms with Crippen molar-refractivity contribution >= 4 is 28.6 Å². The van der Waals surface area contributed by atoms with Crippen LogP contribution in [0, 0.1) is 0 Å². The fourth-order valence-electron chi connectivity index (χ4n) is 3.40. The summed E-state index contributed by atoms with van der Waals surface area (Å²) in [5.74, 6) is 0.235. The molecule has 0 radical (unpaired) electrons. The first kappa shape index (κ1) is 14.6. The molecule has 2 aliphatic rings. The number of thiophene rings is 1. The summed E-state index contributed by atoms with van der Waals surface area (Å²) in [6.07, 6.45) is 2.05. The number of carbonyl (C=O) groups is 1. The van der Waals surface area contributed by atoms with Gasteiger partial charge in [-0.15, -0.1) is 11.3 Å². The lowest BCUT2D eigenvalue weighted by Crippen LogP contribution is -2.42. The smallest absolute Gasteiger partial charge is 0.242 e. The van der Waals surface area contributed by atoms with Crippen LogP contribution >= 0.6 is 11.3 Å². The Morgan fingerprint density at radius 1 is 1.22 bits per heavy atom. The van der Waals surface area contributed by atoms with Crippen LogP contribution in [0.15, 0.2) is 35.7 Å². The van der Waals surface area contributed by atoms with Gasteiger partial charge in [-0.3, -0.25) is 4.79 Å². The Hall–Kier alpha value is -2.01. The lowest BCUT2D eigenvalue weighted by molar-refractivity contribution is -0.130. The monoisotopic (exact) mass is 327 g/mol. The molecule has 1 aromatic carbocycles. The summed E-state index contributed by atoms with van der Waals surface area (Å²) in [6.45, 7) is 3.97. The van der Waals surface area contributed by atoms with E-state index in [2.05, 4.69) is 33.8 Å². The first-order valence-electron chi connectivity index (χ1n) is 8.22. The number of para-hydroxylation sites is 2. The highest BCUT2D eigenvalue weighted by atomic mass is 32.1. The fourth-order valence-corrected chi connectivity index (χ4v) is 4.29. The zero-order valence-corrected chi connectivity index (χ0v) is 13.9. The molecule has 5 heteroatoms. The number of hydrogen-bond acceptors (Lipinski definition) is 4. The van der Waals surface area contributed by atoms with Gasteiger partial charge in [-0.25, -0.2) is 0 Å². The number of amides is 1. The number of carbonyl (C=O) groups excluding carboxylic acids is 1. The second-order valence-electron chi connectivity index (χ2n) is 6.15. The van der Waals surface area contributed by atoms with Crippen LogP contribution in [-0.2, 0) is 17.8 Å². The van der Waals surface area contributed by atoms with Crippen LogP contribution in [0.1, 0.15) is 16.9 Å². The zero-order chi connectivity index (χ0) is 15.6. The number of nitrogens with zero attached hydrogens (tertiary/aromatic N) is 2. The van der Waals surface area contributed by atoms with Crippen molar-refractivity contribution in [2.75, 3.05) is 36.4 Å². The van der Waals surface area contributed by atoms with Gasteiger partial charge in [0.1, 0.15) is 0 Å². The van der Waals surface area contributed by atoms with Gasteiger partial charge in [0.05, 0.1) is 17.9 Å². The van der Waals surface area contributed by atoms with Crippen molar-refractivity contribution in [3.8, 4) is 0 Å². The molecule has 2 aromatic rings. The maximum Gasteiger partial charge on any atom is 0.242 e. The summed E-state index contributed by atoms with van der Waals surface area (Å²) < 4.78 is 0. The number of hydrogen-bond donors (Lipinski definition) is 1. The molecular formula is C18H21N3OS. The van der Waals surface area contributed by atoms with Crippen molar-refractivity contribution in [2.45, 2.75) is 19.4 Å². The summed E-state index contributed by atoms with van der Waals surface area (Å²) in [7, 11) is 0. The van der Waals surface area contributed by atoms with Crippen LogP contribution in [0.5, 0.6) is 0 Å². The number of fused-ring (bicyclic) bond motifs is 2. The van der Waals surface area contributed by atoms with Crippen molar-refractivity contribution < 1.29 is 4.79 Å². The van der Waals surface area contributed by atoms with Gasteiger partial charge in [0.25, 0.3) is 0 Å². The Morgan fingerprint density at radius 3 is 3.09 bits per heavy atom. The number of anilines is 2. The Bertz CT molecular complexity index is 712. The molecule has 4 rings (SSSR count). The predicted molar refractivity (Wildman–Crippen MR) is 95.2 cm³/mol. The third-order valence-corrected chi connectivity index (χ3v) is 5.67. The zero-order valence-electron chi connectivity index (χ0n) is 13.1. The molecule has 1 aromatic heterocycles. The van der Waals surface area contributed by atoms with E-state index in [9.17, 15) is 4.79 Å². The van der Waals surface area contributed by atoms with E-state index in [1.54, 1.807) is 0 Å². The Balaban J connectivity index is 1.49. The van der Waals surface area contributed by atoms with Crippen molar-refractivity contribution in [1.82, 2.24) is 4.90 Å². The summed E-state index contributed by atoms with van der Waals surface area (Å²) in [4.78, 5) is 18.5.